The van der Waals surface area contributed by atoms with Gasteiger partial charge in [-0.05, 0) is 63.1 Å². The molecule has 0 spiro atoms. The van der Waals surface area contributed by atoms with Gasteiger partial charge in [-0.25, -0.2) is 4.79 Å². The van der Waals surface area contributed by atoms with Crippen molar-refractivity contribution in [1.82, 2.24) is 10.2 Å². The number of carbonyl (C=O) groups excluding carboxylic acids is 1. The SMILES string of the molecule is Cc1c(C)c2ccc(OC(C)C(=O)N3[C@@H]4CC[C@H]3[C@H]3CNC[C@H]34)cc2oc1=O.Cl. The number of hydrogen-bond acceptors (Lipinski definition) is 5. The largest absolute Gasteiger partial charge is 0.481 e. The lowest BCUT2D eigenvalue weighted by atomic mass is 9.82. The van der Waals surface area contributed by atoms with Crippen molar-refractivity contribution in [3.05, 3.63) is 39.7 Å². The first kappa shape index (κ1) is 20.2. The van der Waals surface area contributed by atoms with Crippen LogP contribution in [0.15, 0.2) is 27.4 Å². The van der Waals surface area contributed by atoms with E-state index < -0.39 is 6.10 Å². The first-order valence-electron chi connectivity index (χ1n) is 10.2. The number of hydrogen-bond donors (Lipinski definition) is 1. The van der Waals surface area contributed by atoms with Crippen molar-refractivity contribution in [2.45, 2.75) is 51.8 Å². The van der Waals surface area contributed by atoms with Gasteiger partial charge in [-0.2, -0.15) is 0 Å². The summed E-state index contributed by atoms with van der Waals surface area (Å²) >= 11 is 0. The summed E-state index contributed by atoms with van der Waals surface area (Å²) in [5, 5.41) is 4.37. The van der Waals surface area contributed by atoms with Crippen molar-refractivity contribution >= 4 is 29.3 Å². The molecule has 7 heteroatoms. The highest BCUT2D eigenvalue weighted by molar-refractivity contribution is 5.85. The van der Waals surface area contributed by atoms with E-state index in [9.17, 15) is 9.59 Å². The summed E-state index contributed by atoms with van der Waals surface area (Å²) in [5.41, 5.74) is 1.69. The van der Waals surface area contributed by atoms with Crippen molar-refractivity contribution in [2.75, 3.05) is 13.1 Å². The number of ether oxygens (including phenoxy) is 1. The minimum atomic E-state index is -0.564. The number of carbonyl (C=O) groups is 1. The quantitative estimate of drug-likeness (QED) is 0.776. The Labute approximate surface area is 176 Å². The number of aryl methyl sites for hydroxylation is 1. The zero-order valence-corrected chi connectivity index (χ0v) is 17.8. The number of benzene rings is 1. The molecule has 0 saturated carbocycles. The average Bonchev–Trinajstić information content (AvgIpc) is 3.37. The molecule has 3 aliphatic heterocycles. The molecule has 6 nitrogen and oxygen atoms in total. The molecule has 1 aromatic carbocycles. The number of nitrogens with one attached hydrogen (secondary N) is 1. The minimum Gasteiger partial charge on any atom is -0.481 e. The molecule has 1 unspecified atom stereocenters. The normalized spacial score (nSPS) is 28.3. The number of rotatable bonds is 3. The molecule has 2 aromatic rings. The fraction of sp³-hybridized carbons (Fsp3) is 0.545. The van der Waals surface area contributed by atoms with Gasteiger partial charge < -0.3 is 19.4 Å². The van der Waals surface area contributed by atoms with Crippen molar-refractivity contribution in [3.63, 3.8) is 0 Å². The van der Waals surface area contributed by atoms with Gasteiger partial charge in [0.15, 0.2) is 6.10 Å². The Morgan fingerprint density at radius 1 is 1.17 bits per heavy atom. The molecule has 1 aromatic heterocycles. The third-order valence-corrected chi connectivity index (χ3v) is 7.11. The molecular weight excluding hydrogens is 392 g/mol. The molecule has 5 atom stereocenters. The summed E-state index contributed by atoms with van der Waals surface area (Å²) in [7, 11) is 0. The van der Waals surface area contributed by atoms with Crippen molar-refractivity contribution in [2.24, 2.45) is 11.8 Å². The number of halogens is 1. The molecule has 2 bridgehead atoms. The van der Waals surface area contributed by atoms with Crippen LogP contribution < -0.4 is 15.7 Å². The molecule has 29 heavy (non-hydrogen) atoms. The molecule has 3 aliphatic rings. The van der Waals surface area contributed by atoms with E-state index in [1.165, 1.54) is 0 Å². The summed E-state index contributed by atoms with van der Waals surface area (Å²) in [5.74, 6) is 1.81. The molecule has 0 aliphatic carbocycles. The summed E-state index contributed by atoms with van der Waals surface area (Å²) in [6.07, 6.45) is 1.64. The van der Waals surface area contributed by atoms with Gasteiger partial charge in [0.05, 0.1) is 0 Å². The molecule has 0 radical (unpaired) electrons. The van der Waals surface area contributed by atoms with E-state index in [2.05, 4.69) is 10.2 Å². The average molecular weight is 419 g/mol. The Bertz CT molecular complexity index is 1000. The van der Waals surface area contributed by atoms with Crippen LogP contribution in [-0.4, -0.2) is 42.1 Å². The van der Waals surface area contributed by atoms with Crippen LogP contribution in [0.3, 0.4) is 0 Å². The van der Waals surface area contributed by atoms with Gasteiger partial charge in [0.25, 0.3) is 5.91 Å². The van der Waals surface area contributed by atoms with Gasteiger partial charge in [0.2, 0.25) is 0 Å². The van der Waals surface area contributed by atoms with E-state index in [1.54, 1.807) is 13.0 Å². The van der Waals surface area contributed by atoms with E-state index in [1.807, 2.05) is 26.0 Å². The second-order valence-corrected chi connectivity index (χ2v) is 8.50. The summed E-state index contributed by atoms with van der Waals surface area (Å²) < 4.78 is 11.4. The fourth-order valence-electron chi connectivity index (χ4n) is 5.56. The van der Waals surface area contributed by atoms with E-state index in [0.717, 1.165) is 36.9 Å². The first-order chi connectivity index (χ1) is 13.5. The predicted octanol–water partition coefficient (Wildman–Crippen LogP) is 2.81. The van der Waals surface area contributed by atoms with Crippen LogP contribution in [0.1, 0.15) is 30.9 Å². The Hall–Kier alpha value is -2.05. The van der Waals surface area contributed by atoms with E-state index in [-0.39, 0.29) is 23.9 Å². The highest BCUT2D eigenvalue weighted by Crippen LogP contribution is 2.47. The molecule has 3 saturated heterocycles. The van der Waals surface area contributed by atoms with Gasteiger partial charge in [-0.1, -0.05) is 0 Å². The van der Waals surface area contributed by atoms with Crippen molar-refractivity contribution < 1.29 is 13.9 Å². The molecule has 4 heterocycles. The van der Waals surface area contributed by atoms with Crippen molar-refractivity contribution in [3.8, 4) is 5.75 Å². The second-order valence-electron chi connectivity index (χ2n) is 8.50. The molecule has 5 rings (SSSR count). The van der Waals surface area contributed by atoms with Gasteiger partial charge in [0.1, 0.15) is 11.3 Å². The van der Waals surface area contributed by atoms with Crippen LogP contribution in [-0.2, 0) is 4.79 Å². The van der Waals surface area contributed by atoms with Gasteiger partial charge >= 0.3 is 5.63 Å². The van der Waals surface area contributed by atoms with E-state index in [0.29, 0.717) is 40.8 Å². The molecule has 156 valence electrons. The summed E-state index contributed by atoms with van der Waals surface area (Å²) in [4.78, 5) is 27.2. The smallest absolute Gasteiger partial charge is 0.339 e. The molecule has 1 amide bonds. The maximum Gasteiger partial charge on any atom is 0.339 e. The number of fused-ring (bicyclic) bond motifs is 6. The molecular formula is C22H27ClN2O4. The van der Waals surface area contributed by atoms with E-state index in [4.69, 9.17) is 9.15 Å². The standard InChI is InChI=1S/C22H26N2O4.ClH/c1-11-12(2)22(26)28-20-8-14(4-5-15(11)20)27-13(3)21(25)24-18-6-7-19(24)17-10-23-9-16(17)18;/h4-5,8,13,16-19,23H,6-7,9-10H2,1-3H3;1H/t13?,16-,17+,18-,19+;. The van der Waals surface area contributed by atoms with Crippen LogP contribution in [0.4, 0.5) is 0 Å². The highest BCUT2D eigenvalue weighted by atomic mass is 35.5. The van der Waals surface area contributed by atoms with Crippen molar-refractivity contribution in [1.29, 1.82) is 0 Å². The van der Waals surface area contributed by atoms with Crippen LogP contribution in [0, 0.1) is 25.7 Å². The van der Waals surface area contributed by atoms with Crippen LogP contribution in [0.5, 0.6) is 5.75 Å². The highest BCUT2D eigenvalue weighted by Gasteiger charge is 2.56. The third-order valence-electron chi connectivity index (χ3n) is 7.11. The van der Waals surface area contributed by atoms with Gasteiger partial charge in [0, 0.05) is 42.2 Å². The monoisotopic (exact) mass is 418 g/mol. The lowest BCUT2D eigenvalue weighted by Crippen LogP contribution is -2.45. The number of amides is 1. The topological polar surface area (TPSA) is 71.8 Å². The van der Waals surface area contributed by atoms with Gasteiger partial charge in [-0.3, -0.25) is 4.79 Å². The predicted molar refractivity (Wildman–Crippen MR) is 113 cm³/mol. The molecule has 3 fully saturated rings. The Balaban J connectivity index is 0.00000205. The van der Waals surface area contributed by atoms with Crippen LogP contribution in [0.2, 0.25) is 0 Å². The third kappa shape index (κ3) is 3.04. The molecule has 1 N–H and O–H groups in total. The Morgan fingerprint density at radius 2 is 1.83 bits per heavy atom. The lowest BCUT2D eigenvalue weighted by Gasteiger charge is -2.28. The van der Waals surface area contributed by atoms with Crippen LogP contribution >= 0.6 is 12.4 Å². The van der Waals surface area contributed by atoms with E-state index >= 15 is 0 Å². The summed E-state index contributed by atoms with van der Waals surface area (Å²) in [6.45, 7) is 7.53. The zero-order valence-electron chi connectivity index (χ0n) is 16.9. The maximum absolute atomic E-state index is 13.2. The van der Waals surface area contributed by atoms with Crippen LogP contribution in [0.25, 0.3) is 11.0 Å². The Kier molecular flexibility index (Phi) is 5.11. The Morgan fingerprint density at radius 3 is 2.48 bits per heavy atom. The summed E-state index contributed by atoms with van der Waals surface area (Å²) in [6, 6.07) is 6.15. The second kappa shape index (κ2) is 7.33. The lowest BCUT2D eigenvalue weighted by molar-refractivity contribution is -0.139. The zero-order chi connectivity index (χ0) is 19.6. The maximum atomic E-state index is 13.2. The first-order valence-corrected chi connectivity index (χ1v) is 10.2. The minimum absolute atomic E-state index is 0. The van der Waals surface area contributed by atoms with Gasteiger partial charge in [-0.15, -0.1) is 12.4 Å². The fourth-order valence-corrected chi connectivity index (χ4v) is 5.56. The number of nitrogens with zero attached hydrogens (tertiary/aromatic N) is 1.